The number of carbonyl (C=O) groups is 1. The van der Waals surface area contributed by atoms with Crippen molar-refractivity contribution in [3.63, 3.8) is 0 Å². The summed E-state index contributed by atoms with van der Waals surface area (Å²) in [6.45, 7) is 2.26. The molecule has 8 heteroatoms. The van der Waals surface area contributed by atoms with E-state index in [-0.39, 0.29) is 23.8 Å². The van der Waals surface area contributed by atoms with Gasteiger partial charge in [-0.05, 0) is 13.3 Å². The highest BCUT2D eigenvalue weighted by Gasteiger charge is 2.48. The molecule has 1 fully saturated rings. The molecule has 1 aliphatic heterocycles. The maximum Gasteiger partial charge on any atom is 0.357 e. The lowest BCUT2D eigenvalue weighted by molar-refractivity contribution is -0.156. The van der Waals surface area contributed by atoms with Crippen molar-refractivity contribution in [1.29, 1.82) is 0 Å². The van der Waals surface area contributed by atoms with Crippen molar-refractivity contribution in [2.45, 2.75) is 25.4 Å². The molecule has 0 aliphatic carbocycles. The summed E-state index contributed by atoms with van der Waals surface area (Å²) in [7, 11) is 0. The van der Waals surface area contributed by atoms with Crippen molar-refractivity contribution in [2.75, 3.05) is 13.2 Å². The van der Waals surface area contributed by atoms with Crippen molar-refractivity contribution >= 4 is 23.2 Å². The molecule has 1 saturated heterocycles. The average molecular weight is 333 g/mol. The molecule has 1 aliphatic rings. The molecule has 4 nitrogen and oxygen atoms in total. The summed E-state index contributed by atoms with van der Waals surface area (Å²) in [5.41, 5.74) is -1.67. The topological polar surface area (TPSA) is 47.6 Å². The SMILES string of the molecule is CCOC(=O)[C@@]1(Oc2cc(F)c(F)c(F)c2)CCCNC1=S. The first-order valence-corrected chi connectivity index (χ1v) is 7.10. The summed E-state index contributed by atoms with van der Waals surface area (Å²) in [6, 6.07) is 1.33. The molecule has 1 N–H and O–H groups in total. The van der Waals surface area contributed by atoms with Gasteiger partial charge in [-0.1, -0.05) is 12.2 Å². The van der Waals surface area contributed by atoms with Gasteiger partial charge in [0.1, 0.15) is 10.7 Å². The lowest BCUT2D eigenvalue weighted by Gasteiger charge is -2.36. The largest absolute Gasteiger partial charge is 0.468 e. The van der Waals surface area contributed by atoms with E-state index in [1.165, 1.54) is 0 Å². The summed E-state index contributed by atoms with van der Waals surface area (Å²) >= 11 is 5.12. The standard InChI is InChI=1S/C14H14F3NO3S/c1-2-20-13(19)14(4-3-5-18-12(14)22)21-8-6-9(15)11(17)10(16)7-8/h6-7H,2-5H2,1H3,(H,18,22)/t14-/m1/s1. The van der Waals surface area contributed by atoms with E-state index in [0.717, 1.165) is 0 Å². The number of halogens is 3. The quantitative estimate of drug-likeness (QED) is 0.521. The van der Waals surface area contributed by atoms with Crippen LogP contribution in [-0.2, 0) is 9.53 Å². The zero-order valence-corrected chi connectivity index (χ0v) is 12.6. The monoisotopic (exact) mass is 333 g/mol. The Hall–Kier alpha value is -1.83. The first-order chi connectivity index (χ1) is 10.4. The van der Waals surface area contributed by atoms with Crippen LogP contribution in [0.5, 0.6) is 5.75 Å². The van der Waals surface area contributed by atoms with Gasteiger partial charge in [0, 0.05) is 25.1 Å². The molecule has 1 heterocycles. The number of ether oxygens (including phenoxy) is 2. The molecule has 0 aromatic heterocycles. The van der Waals surface area contributed by atoms with Gasteiger partial charge in [0.2, 0.25) is 0 Å². The van der Waals surface area contributed by atoms with Crippen LogP contribution in [0.25, 0.3) is 0 Å². The molecule has 1 atom stereocenters. The minimum atomic E-state index is -1.67. The zero-order valence-electron chi connectivity index (χ0n) is 11.8. The van der Waals surface area contributed by atoms with E-state index < -0.39 is 29.0 Å². The van der Waals surface area contributed by atoms with Crippen molar-refractivity contribution in [1.82, 2.24) is 5.32 Å². The number of rotatable bonds is 4. The van der Waals surface area contributed by atoms with E-state index in [1.54, 1.807) is 6.92 Å². The van der Waals surface area contributed by atoms with Crippen LogP contribution in [0.15, 0.2) is 12.1 Å². The predicted molar refractivity (Wildman–Crippen MR) is 76.1 cm³/mol. The maximum absolute atomic E-state index is 13.3. The summed E-state index contributed by atoms with van der Waals surface area (Å²) in [6.07, 6.45) is 0.739. The summed E-state index contributed by atoms with van der Waals surface area (Å²) in [5, 5.41) is 2.82. The van der Waals surface area contributed by atoms with Crippen LogP contribution in [0, 0.1) is 17.5 Å². The van der Waals surface area contributed by atoms with Crippen molar-refractivity contribution < 1.29 is 27.4 Å². The van der Waals surface area contributed by atoms with Gasteiger partial charge < -0.3 is 14.8 Å². The third kappa shape index (κ3) is 3.01. The lowest BCUT2D eigenvalue weighted by Crippen LogP contribution is -2.59. The fraction of sp³-hybridized carbons (Fsp3) is 0.429. The minimum Gasteiger partial charge on any atom is -0.468 e. The molecule has 0 bridgehead atoms. The highest BCUT2D eigenvalue weighted by atomic mass is 32.1. The number of nitrogens with one attached hydrogen (secondary N) is 1. The van der Waals surface area contributed by atoms with E-state index in [0.29, 0.717) is 25.1 Å². The zero-order chi connectivity index (χ0) is 16.3. The van der Waals surface area contributed by atoms with Gasteiger partial charge in [-0.3, -0.25) is 0 Å². The van der Waals surface area contributed by atoms with Gasteiger partial charge in [-0.25, -0.2) is 18.0 Å². The predicted octanol–water partition coefficient (Wildman–Crippen LogP) is 2.50. The number of esters is 1. The number of thiocarbonyl (C=S) groups is 1. The smallest absolute Gasteiger partial charge is 0.357 e. The second-order valence-electron chi connectivity index (χ2n) is 4.71. The Morgan fingerprint density at radius 2 is 2.00 bits per heavy atom. The van der Waals surface area contributed by atoms with Gasteiger partial charge in [-0.15, -0.1) is 0 Å². The van der Waals surface area contributed by atoms with Crippen LogP contribution < -0.4 is 10.1 Å². The molecule has 0 spiro atoms. The van der Waals surface area contributed by atoms with Gasteiger partial charge in [-0.2, -0.15) is 0 Å². The van der Waals surface area contributed by atoms with Gasteiger partial charge >= 0.3 is 5.97 Å². The molecular weight excluding hydrogens is 319 g/mol. The van der Waals surface area contributed by atoms with Crippen LogP contribution in [0.2, 0.25) is 0 Å². The summed E-state index contributed by atoms with van der Waals surface area (Å²) < 4.78 is 50.0. The molecule has 1 aromatic rings. The lowest BCUT2D eigenvalue weighted by atomic mass is 9.93. The minimum absolute atomic E-state index is 0.0716. The molecule has 0 unspecified atom stereocenters. The molecule has 0 amide bonds. The third-order valence-electron chi connectivity index (χ3n) is 3.21. The number of hydrogen-bond donors (Lipinski definition) is 1. The Balaban J connectivity index is 2.38. The number of carbonyl (C=O) groups excluding carboxylic acids is 1. The first kappa shape index (κ1) is 16.5. The van der Waals surface area contributed by atoms with E-state index >= 15 is 0 Å². The first-order valence-electron chi connectivity index (χ1n) is 6.70. The Bertz CT molecular complexity index is 588. The van der Waals surface area contributed by atoms with Crippen LogP contribution in [0.3, 0.4) is 0 Å². The molecule has 22 heavy (non-hydrogen) atoms. The molecule has 1 aromatic carbocycles. The number of hydrogen-bond acceptors (Lipinski definition) is 4. The van der Waals surface area contributed by atoms with Crippen LogP contribution in [0.1, 0.15) is 19.8 Å². The molecule has 0 saturated carbocycles. The van der Waals surface area contributed by atoms with Crippen LogP contribution in [-0.4, -0.2) is 29.7 Å². The fourth-order valence-corrected chi connectivity index (χ4v) is 2.50. The molecule has 2 rings (SSSR count). The molecule has 120 valence electrons. The third-order valence-corrected chi connectivity index (χ3v) is 3.69. The van der Waals surface area contributed by atoms with Crippen molar-refractivity contribution in [3.8, 4) is 5.75 Å². The van der Waals surface area contributed by atoms with E-state index in [9.17, 15) is 18.0 Å². The van der Waals surface area contributed by atoms with Gasteiger partial charge in [0.25, 0.3) is 5.60 Å². The summed E-state index contributed by atoms with van der Waals surface area (Å²) in [4.78, 5) is 12.3. The maximum atomic E-state index is 13.3. The second kappa shape index (κ2) is 6.51. The normalized spacial score (nSPS) is 21.2. The van der Waals surface area contributed by atoms with Gasteiger partial charge in [0.15, 0.2) is 17.5 Å². The van der Waals surface area contributed by atoms with Crippen LogP contribution in [0.4, 0.5) is 13.2 Å². The average Bonchev–Trinajstić information content (AvgIpc) is 2.47. The van der Waals surface area contributed by atoms with Crippen molar-refractivity contribution in [2.24, 2.45) is 0 Å². The highest BCUT2D eigenvalue weighted by Crippen LogP contribution is 2.30. The van der Waals surface area contributed by atoms with Crippen LogP contribution >= 0.6 is 12.2 Å². The van der Waals surface area contributed by atoms with Crippen molar-refractivity contribution in [3.05, 3.63) is 29.6 Å². The highest BCUT2D eigenvalue weighted by molar-refractivity contribution is 7.80. The fourth-order valence-electron chi connectivity index (χ4n) is 2.17. The number of benzene rings is 1. The Morgan fingerprint density at radius 3 is 2.55 bits per heavy atom. The molecular formula is C14H14F3NO3S. The number of piperidine rings is 1. The second-order valence-corrected chi connectivity index (χ2v) is 5.12. The van der Waals surface area contributed by atoms with E-state index in [1.807, 2.05) is 0 Å². The van der Waals surface area contributed by atoms with E-state index in [2.05, 4.69) is 5.32 Å². The molecule has 0 radical (unpaired) electrons. The Morgan fingerprint density at radius 1 is 1.36 bits per heavy atom. The van der Waals surface area contributed by atoms with Gasteiger partial charge in [0.05, 0.1) is 6.61 Å². The Labute approximate surface area is 130 Å². The Kier molecular flexibility index (Phi) is 4.90. The summed E-state index contributed by atoms with van der Waals surface area (Å²) in [5.74, 6) is -5.53. The van der Waals surface area contributed by atoms with E-state index in [4.69, 9.17) is 21.7 Å².